The van der Waals surface area contributed by atoms with Gasteiger partial charge in [0.15, 0.2) is 0 Å². The minimum Gasteiger partial charge on any atom is -0.469 e. The van der Waals surface area contributed by atoms with E-state index >= 15 is 0 Å². The molecule has 0 aromatic rings. The first-order valence-electron chi connectivity index (χ1n) is 11.9. The fraction of sp³-hybridized carbons (Fsp3) is 0.920. The predicted octanol–water partition coefficient (Wildman–Crippen LogP) is 5.80. The number of carbonyl (C=O) groups excluding carboxylic acids is 2. The van der Waals surface area contributed by atoms with E-state index in [1.54, 1.807) is 0 Å². The number of methoxy groups -OCH3 is 1. The van der Waals surface area contributed by atoms with Crippen LogP contribution in [0.2, 0.25) is 0 Å². The maximum Gasteiger partial charge on any atom is 0.305 e. The van der Waals surface area contributed by atoms with Crippen LogP contribution < -0.4 is 0 Å². The van der Waals surface area contributed by atoms with Crippen LogP contribution in [0.25, 0.3) is 0 Å². The highest BCUT2D eigenvalue weighted by Gasteiger charge is 2.62. The van der Waals surface area contributed by atoms with Gasteiger partial charge in [0, 0.05) is 18.8 Å². The van der Waals surface area contributed by atoms with Crippen molar-refractivity contribution >= 4 is 11.8 Å². The minimum absolute atomic E-state index is 0.139. The zero-order chi connectivity index (χ0) is 20.1. The monoisotopic (exact) mass is 388 g/mol. The number of Topliss-reactive ketones (excluding diaryl/α,β-unsaturated/α-hetero) is 1. The van der Waals surface area contributed by atoms with Gasteiger partial charge in [-0.15, -0.1) is 0 Å². The molecular formula is C25H40O3. The highest BCUT2D eigenvalue weighted by Crippen LogP contribution is 2.67. The molecule has 3 nitrogen and oxygen atoms in total. The van der Waals surface area contributed by atoms with Crippen LogP contribution in [-0.4, -0.2) is 18.9 Å². The summed E-state index contributed by atoms with van der Waals surface area (Å²) >= 11 is 0. The van der Waals surface area contributed by atoms with Gasteiger partial charge in [0.1, 0.15) is 5.78 Å². The topological polar surface area (TPSA) is 43.4 Å². The molecule has 0 unspecified atom stereocenters. The van der Waals surface area contributed by atoms with Crippen LogP contribution in [0.5, 0.6) is 0 Å². The van der Waals surface area contributed by atoms with E-state index in [1.807, 2.05) is 0 Å². The molecule has 4 aliphatic rings. The molecule has 0 amide bonds. The molecule has 0 radical (unpaired) electrons. The Bertz CT molecular complexity index is 627. The molecule has 0 aromatic carbocycles. The van der Waals surface area contributed by atoms with Crippen molar-refractivity contribution < 1.29 is 14.3 Å². The zero-order valence-corrected chi connectivity index (χ0v) is 18.5. The third-order valence-electron chi connectivity index (χ3n) is 10.1. The molecule has 0 heterocycles. The number of fused-ring (bicyclic) bond motifs is 5. The van der Waals surface area contributed by atoms with E-state index in [2.05, 4.69) is 20.8 Å². The van der Waals surface area contributed by atoms with E-state index in [0.29, 0.717) is 23.5 Å². The molecule has 0 aliphatic heterocycles. The smallest absolute Gasteiger partial charge is 0.305 e. The first kappa shape index (κ1) is 20.4. The second-order valence-electron chi connectivity index (χ2n) is 11.2. The Labute approximate surface area is 171 Å². The molecule has 4 rings (SSSR count). The van der Waals surface area contributed by atoms with E-state index in [9.17, 15) is 9.59 Å². The SMILES string of the molecule is COC(=O)CC[C@@H](C)[C@H]1C(=O)C[C@H]2[C@@H]3CC[C@@H]4CCCC[C@]4(C)[C@H]3CC[C@]12C. The zero-order valence-electron chi connectivity index (χ0n) is 18.5. The second-order valence-corrected chi connectivity index (χ2v) is 11.2. The van der Waals surface area contributed by atoms with Crippen molar-refractivity contribution in [2.24, 2.45) is 46.3 Å². The van der Waals surface area contributed by atoms with Crippen molar-refractivity contribution in [3.63, 3.8) is 0 Å². The summed E-state index contributed by atoms with van der Waals surface area (Å²) in [6, 6.07) is 0. The Kier molecular flexibility index (Phi) is 5.42. The van der Waals surface area contributed by atoms with Crippen molar-refractivity contribution in [3.05, 3.63) is 0 Å². The Morgan fingerprint density at radius 1 is 1.07 bits per heavy atom. The Balaban J connectivity index is 1.54. The number of rotatable bonds is 4. The Morgan fingerprint density at radius 2 is 1.86 bits per heavy atom. The molecule has 4 aliphatic carbocycles. The van der Waals surface area contributed by atoms with Gasteiger partial charge in [0.25, 0.3) is 0 Å². The lowest BCUT2D eigenvalue weighted by molar-refractivity contribution is -0.142. The lowest BCUT2D eigenvalue weighted by atomic mass is 9.44. The van der Waals surface area contributed by atoms with Gasteiger partial charge in [-0.05, 0) is 85.4 Å². The van der Waals surface area contributed by atoms with Crippen molar-refractivity contribution in [1.29, 1.82) is 0 Å². The molecular weight excluding hydrogens is 348 g/mol. The van der Waals surface area contributed by atoms with Gasteiger partial charge in [-0.25, -0.2) is 0 Å². The molecule has 8 atom stereocenters. The molecule has 0 N–H and O–H groups in total. The van der Waals surface area contributed by atoms with Crippen LogP contribution in [0.1, 0.15) is 91.4 Å². The number of ketones is 1. The van der Waals surface area contributed by atoms with Crippen molar-refractivity contribution in [2.45, 2.75) is 91.4 Å². The molecule has 4 saturated carbocycles. The highest BCUT2D eigenvalue weighted by molar-refractivity contribution is 5.85. The summed E-state index contributed by atoms with van der Waals surface area (Å²) in [5.74, 6) is 3.84. The molecule has 0 aromatic heterocycles. The van der Waals surface area contributed by atoms with E-state index < -0.39 is 0 Å². The number of hydrogen-bond donors (Lipinski definition) is 0. The Hall–Kier alpha value is -0.860. The summed E-state index contributed by atoms with van der Waals surface area (Å²) in [5.41, 5.74) is 0.672. The van der Waals surface area contributed by atoms with Gasteiger partial charge in [0.05, 0.1) is 7.11 Å². The van der Waals surface area contributed by atoms with Gasteiger partial charge in [-0.3, -0.25) is 9.59 Å². The number of carbonyl (C=O) groups is 2. The summed E-state index contributed by atoms with van der Waals surface area (Å²) in [6.07, 6.45) is 13.0. The maximum atomic E-state index is 13.2. The number of esters is 1. The van der Waals surface area contributed by atoms with Gasteiger partial charge in [-0.1, -0.05) is 33.6 Å². The second kappa shape index (κ2) is 7.43. The summed E-state index contributed by atoms with van der Waals surface area (Å²) in [5, 5.41) is 0. The summed E-state index contributed by atoms with van der Waals surface area (Å²) in [7, 11) is 1.45. The molecule has 0 bridgehead atoms. The molecule has 28 heavy (non-hydrogen) atoms. The average Bonchev–Trinajstić information content (AvgIpc) is 2.95. The van der Waals surface area contributed by atoms with Crippen LogP contribution in [0.15, 0.2) is 0 Å². The van der Waals surface area contributed by atoms with Gasteiger partial charge in [0.2, 0.25) is 0 Å². The highest BCUT2D eigenvalue weighted by atomic mass is 16.5. The van der Waals surface area contributed by atoms with E-state index in [-0.39, 0.29) is 23.2 Å². The number of ether oxygens (including phenoxy) is 1. The fourth-order valence-corrected chi connectivity index (χ4v) is 8.71. The van der Waals surface area contributed by atoms with Gasteiger partial charge < -0.3 is 4.74 Å². The lowest BCUT2D eigenvalue weighted by Crippen LogP contribution is -2.53. The van der Waals surface area contributed by atoms with Crippen molar-refractivity contribution in [2.75, 3.05) is 7.11 Å². The molecule has 158 valence electrons. The van der Waals surface area contributed by atoms with Gasteiger partial charge in [-0.2, -0.15) is 0 Å². The molecule has 0 saturated heterocycles. The Morgan fingerprint density at radius 3 is 2.61 bits per heavy atom. The molecule has 3 heteroatoms. The molecule has 4 fully saturated rings. The average molecular weight is 389 g/mol. The normalized spacial score (nSPS) is 46.3. The predicted molar refractivity (Wildman–Crippen MR) is 111 cm³/mol. The maximum absolute atomic E-state index is 13.2. The van der Waals surface area contributed by atoms with E-state index in [1.165, 1.54) is 58.5 Å². The third-order valence-corrected chi connectivity index (χ3v) is 10.1. The molecule has 0 spiro atoms. The summed E-state index contributed by atoms with van der Waals surface area (Å²) in [4.78, 5) is 24.8. The fourth-order valence-electron chi connectivity index (χ4n) is 8.71. The van der Waals surface area contributed by atoms with Crippen LogP contribution in [0.4, 0.5) is 0 Å². The van der Waals surface area contributed by atoms with E-state index in [4.69, 9.17) is 4.74 Å². The van der Waals surface area contributed by atoms with Gasteiger partial charge >= 0.3 is 5.97 Å². The summed E-state index contributed by atoms with van der Waals surface area (Å²) < 4.78 is 4.83. The van der Waals surface area contributed by atoms with Crippen molar-refractivity contribution in [3.8, 4) is 0 Å². The van der Waals surface area contributed by atoms with Crippen LogP contribution in [0.3, 0.4) is 0 Å². The summed E-state index contributed by atoms with van der Waals surface area (Å²) in [6.45, 7) is 7.22. The first-order valence-corrected chi connectivity index (χ1v) is 11.9. The largest absolute Gasteiger partial charge is 0.469 e. The van der Waals surface area contributed by atoms with Crippen LogP contribution in [-0.2, 0) is 14.3 Å². The van der Waals surface area contributed by atoms with Crippen LogP contribution in [0, 0.1) is 46.3 Å². The quantitative estimate of drug-likeness (QED) is 0.571. The standard InChI is InChI=1S/C25H40O3/c1-16(8-11-22(27)28-4)23-21(26)15-20-18-10-9-17-7-5-6-13-24(17,2)19(18)12-14-25(20,23)3/h16-20,23H,5-15H2,1-4H3/t16-,17+,18-,19+,20+,23+,24+,25+/m1/s1. The van der Waals surface area contributed by atoms with E-state index in [0.717, 1.165) is 30.6 Å². The first-order chi connectivity index (χ1) is 13.3. The lowest BCUT2D eigenvalue weighted by Gasteiger charge is -2.60. The van der Waals surface area contributed by atoms with Crippen LogP contribution >= 0.6 is 0 Å². The third kappa shape index (κ3) is 3.06. The minimum atomic E-state index is -0.147. The number of hydrogen-bond acceptors (Lipinski definition) is 3. The van der Waals surface area contributed by atoms with Crippen molar-refractivity contribution in [1.82, 2.24) is 0 Å².